The van der Waals surface area contributed by atoms with Crippen molar-refractivity contribution in [2.24, 2.45) is 0 Å². The van der Waals surface area contributed by atoms with E-state index in [1.54, 1.807) is 12.1 Å². The van der Waals surface area contributed by atoms with Crippen molar-refractivity contribution >= 4 is 30.1 Å². The number of halogens is 1. The molecule has 1 aromatic rings. The zero-order chi connectivity index (χ0) is 12.1. The Hall–Kier alpha value is -1.68. The Balaban J connectivity index is 0.00000256. The third kappa shape index (κ3) is 5.26. The van der Waals surface area contributed by atoms with Crippen LogP contribution in [0.4, 0.5) is 5.69 Å². The topological polar surface area (TPSA) is 75.4 Å². The molecule has 0 radical (unpaired) electrons. The molecular formula is C12H17ClN2O2. The lowest BCUT2D eigenvalue weighted by Gasteiger charge is -2.04. The van der Waals surface area contributed by atoms with Gasteiger partial charge in [-0.05, 0) is 38.1 Å². The van der Waals surface area contributed by atoms with Crippen LogP contribution in [0, 0.1) is 0 Å². The molecule has 0 bridgehead atoms. The van der Waals surface area contributed by atoms with E-state index in [0.717, 1.165) is 0 Å². The van der Waals surface area contributed by atoms with Gasteiger partial charge >= 0.3 is 0 Å². The number of nitrogens with two attached hydrogens (primary N) is 1. The second kappa shape index (κ2) is 6.81. The molecule has 0 saturated heterocycles. The molecule has 1 aromatic carbocycles. The lowest BCUT2D eigenvalue weighted by Crippen LogP contribution is -2.28. The average Bonchev–Trinajstić information content (AvgIpc) is 2.18. The van der Waals surface area contributed by atoms with Gasteiger partial charge in [-0.25, -0.2) is 0 Å². The van der Waals surface area contributed by atoms with Crippen molar-refractivity contribution in [3.05, 3.63) is 29.8 Å². The van der Waals surface area contributed by atoms with Crippen molar-refractivity contribution in [2.45, 2.75) is 19.9 Å². The maximum Gasteiger partial charge on any atom is 0.244 e. The minimum absolute atomic E-state index is 0. The van der Waals surface area contributed by atoms with Crippen LogP contribution in [0.1, 0.15) is 19.4 Å². The summed E-state index contributed by atoms with van der Waals surface area (Å²) in [7, 11) is 0. The second-order valence-corrected chi connectivity index (χ2v) is 3.81. The van der Waals surface area contributed by atoms with E-state index in [9.17, 15) is 9.90 Å². The molecule has 94 valence electrons. The Kier molecular flexibility index (Phi) is 6.13. The van der Waals surface area contributed by atoms with Gasteiger partial charge in [-0.15, -0.1) is 12.4 Å². The van der Waals surface area contributed by atoms with Crippen LogP contribution in [-0.2, 0) is 4.79 Å². The van der Waals surface area contributed by atoms with Gasteiger partial charge in [-0.3, -0.25) is 4.79 Å². The molecule has 0 aliphatic carbocycles. The highest BCUT2D eigenvalue weighted by Crippen LogP contribution is 2.20. The van der Waals surface area contributed by atoms with Crippen LogP contribution in [-0.4, -0.2) is 17.1 Å². The molecule has 4 nitrogen and oxygen atoms in total. The van der Waals surface area contributed by atoms with Gasteiger partial charge in [0.15, 0.2) is 0 Å². The van der Waals surface area contributed by atoms with Crippen LogP contribution in [0.15, 0.2) is 24.3 Å². The average molecular weight is 257 g/mol. The summed E-state index contributed by atoms with van der Waals surface area (Å²) in [6, 6.07) is 4.79. The number of nitrogens with one attached hydrogen (secondary N) is 1. The number of carbonyl (C=O) groups excluding carboxylic acids is 1. The lowest BCUT2D eigenvalue weighted by atomic mass is 10.1. The Labute approximate surface area is 107 Å². The van der Waals surface area contributed by atoms with Crippen molar-refractivity contribution in [1.82, 2.24) is 5.32 Å². The number of amides is 1. The Bertz CT molecular complexity index is 417. The Morgan fingerprint density at radius 3 is 2.71 bits per heavy atom. The highest BCUT2D eigenvalue weighted by Gasteiger charge is 2.00. The van der Waals surface area contributed by atoms with Gasteiger partial charge in [-0.2, -0.15) is 0 Å². The number of benzene rings is 1. The van der Waals surface area contributed by atoms with Crippen LogP contribution >= 0.6 is 12.4 Å². The zero-order valence-electron chi connectivity index (χ0n) is 9.81. The molecule has 0 spiro atoms. The first-order valence-electron chi connectivity index (χ1n) is 5.06. The zero-order valence-corrected chi connectivity index (χ0v) is 10.6. The highest BCUT2D eigenvalue weighted by atomic mass is 35.5. The van der Waals surface area contributed by atoms with E-state index in [0.29, 0.717) is 11.3 Å². The number of carbonyl (C=O) groups is 1. The minimum Gasteiger partial charge on any atom is -0.507 e. The second-order valence-electron chi connectivity index (χ2n) is 3.81. The summed E-state index contributed by atoms with van der Waals surface area (Å²) >= 11 is 0. The van der Waals surface area contributed by atoms with E-state index in [2.05, 4.69) is 5.32 Å². The highest BCUT2D eigenvalue weighted by molar-refractivity contribution is 5.92. The molecule has 0 heterocycles. The summed E-state index contributed by atoms with van der Waals surface area (Å²) in [5.74, 6) is -0.0976. The monoisotopic (exact) mass is 256 g/mol. The van der Waals surface area contributed by atoms with Gasteiger partial charge in [0, 0.05) is 23.4 Å². The predicted octanol–water partition coefficient (Wildman–Crippen LogP) is 1.93. The molecule has 17 heavy (non-hydrogen) atoms. The van der Waals surface area contributed by atoms with Gasteiger partial charge in [0.1, 0.15) is 5.75 Å². The van der Waals surface area contributed by atoms with E-state index < -0.39 is 0 Å². The van der Waals surface area contributed by atoms with Crippen molar-refractivity contribution in [2.75, 3.05) is 5.73 Å². The summed E-state index contributed by atoms with van der Waals surface area (Å²) < 4.78 is 0. The van der Waals surface area contributed by atoms with Crippen LogP contribution < -0.4 is 11.1 Å². The third-order valence-corrected chi connectivity index (χ3v) is 1.90. The molecule has 0 aromatic heterocycles. The number of phenolic OH excluding ortho intramolecular Hbond substituents is 1. The van der Waals surface area contributed by atoms with E-state index in [1.165, 1.54) is 18.2 Å². The first-order valence-corrected chi connectivity index (χ1v) is 5.06. The Morgan fingerprint density at radius 1 is 1.47 bits per heavy atom. The van der Waals surface area contributed by atoms with Crippen LogP contribution in [0.25, 0.3) is 6.08 Å². The van der Waals surface area contributed by atoms with Crippen molar-refractivity contribution in [3.8, 4) is 5.75 Å². The summed E-state index contributed by atoms with van der Waals surface area (Å²) in [6.07, 6.45) is 2.90. The van der Waals surface area contributed by atoms with E-state index in [-0.39, 0.29) is 30.1 Å². The fourth-order valence-electron chi connectivity index (χ4n) is 1.20. The molecule has 1 amide bonds. The summed E-state index contributed by atoms with van der Waals surface area (Å²) in [4.78, 5) is 11.3. The molecule has 0 aliphatic rings. The molecule has 4 N–H and O–H groups in total. The van der Waals surface area contributed by atoms with Crippen molar-refractivity contribution < 1.29 is 9.90 Å². The number of phenols is 1. The van der Waals surface area contributed by atoms with Crippen molar-refractivity contribution in [3.63, 3.8) is 0 Å². The largest absolute Gasteiger partial charge is 0.507 e. The number of hydrogen-bond donors (Lipinski definition) is 3. The number of aromatic hydroxyl groups is 1. The lowest BCUT2D eigenvalue weighted by molar-refractivity contribution is -0.116. The van der Waals surface area contributed by atoms with Gasteiger partial charge in [-0.1, -0.05) is 0 Å². The van der Waals surface area contributed by atoms with E-state index in [4.69, 9.17) is 5.73 Å². The first kappa shape index (κ1) is 15.3. The SMILES string of the molecule is CC(C)NC(=O)C=Cc1cc(N)ccc1O.Cl. The number of hydrogen-bond acceptors (Lipinski definition) is 3. The van der Waals surface area contributed by atoms with E-state index >= 15 is 0 Å². The molecular weight excluding hydrogens is 240 g/mol. The molecule has 0 fully saturated rings. The minimum atomic E-state index is -0.197. The van der Waals surface area contributed by atoms with Gasteiger partial charge < -0.3 is 16.2 Å². The smallest absolute Gasteiger partial charge is 0.244 e. The third-order valence-electron chi connectivity index (χ3n) is 1.90. The van der Waals surface area contributed by atoms with Crippen LogP contribution in [0.2, 0.25) is 0 Å². The van der Waals surface area contributed by atoms with E-state index in [1.807, 2.05) is 13.8 Å². The van der Waals surface area contributed by atoms with Gasteiger partial charge in [0.25, 0.3) is 0 Å². The van der Waals surface area contributed by atoms with Gasteiger partial charge in [0.05, 0.1) is 0 Å². The fraction of sp³-hybridized carbons (Fsp3) is 0.250. The predicted molar refractivity (Wildman–Crippen MR) is 72.1 cm³/mol. The molecule has 0 aliphatic heterocycles. The molecule has 0 unspecified atom stereocenters. The maximum atomic E-state index is 11.3. The Morgan fingerprint density at radius 2 is 2.12 bits per heavy atom. The summed E-state index contributed by atoms with van der Waals surface area (Å²) in [5, 5.41) is 12.2. The van der Waals surface area contributed by atoms with Crippen LogP contribution in [0.5, 0.6) is 5.75 Å². The number of rotatable bonds is 3. The van der Waals surface area contributed by atoms with Crippen LogP contribution in [0.3, 0.4) is 0 Å². The van der Waals surface area contributed by atoms with Crippen molar-refractivity contribution in [1.29, 1.82) is 0 Å². The molecule has 1 rings (SSSR count). The molecule has 0 atom stereocenters. The fourth-order valence-corrected chi connectivity index (χ4v) is 1.20. The quantitative estimate of drug-likeness (QED) is 0.439. The number of anilines is 1. The normalized spacial score (nSPS) is 10.3. The standard InChI is InChI=1S/C12H16N2O2.ClH/c1-8(2)14-12(16)6-3-9-7-10(13)4-5-11(9)15;/h3-8,15H,13H2,1-2H3,(H,14,16);1H. The first-order chi connectivity index (χ1) is 7.49. The number of nitrogen functional groups attached to an aromatic ring is 1. The summed E-state index contributed by atoms with van der Waals surface area (Å²) in [6.45, 7) is 3.76. The molecule has 5 heteroatoms. The maximum absolute atomic E-state index is 11.3. The molecule has 0 saturated carbocycles. The summed E-state index contributed by atoms with van der Waals surface area (Å²) in [5.41, 5.74) is 6.64. The van der Waals surface area contributed by atoms with Gasteiger partial charge in [0.2, 0.25) is 5.91 Å².